The predicted octanol–water partition coefficient (Wildman–Crippen LogP) is 2.61. The second-order valence-corrected chi connectivity index (χ2v) is 3.87. The third kappa shape index (κ3) is 2.02. The number of nitrogens with zero attached hydrogens (tertiary/aromatic N) is 1. The number of hydrogen-bond acceptors (Lipinski definition) is 2. The summed E-state index contributed by atoms with van der Waals surface area (Å²) >= 11 is 2.32. The van der Waals surface area contributed by atoms with Crippen LogP contribution in [0.1, 0.15) is 12.0 Å². The molecule has 1 aliphatic heterocycles. The Labute approximate surface area is 91.1 Å². The van der Waals surface area contributed by atoms with Gasteiger partial charge in [0.25, 0.3) is 0 Å². The zero-order valence-corrected chi connectivity index (χ0v) is 9.27. The maximum Gasteiger partial charge on any atom is 0.142 e. The largest absolute Gasteiger partial charge is 0.391 e. The van der Waals surface area contributed by atoms with Crippen LogP contribution in [0.25, 0.3) is 0 Å². The van der Waals surface area contributed by atoms with Crippen molar-refractivity contribution in [1.29, 1.82) is 0 Å². The molecule has 0 amide bonds. The summed E-state index contributed by atoms with van der Waals surface area (Å²) in [6, 6.07) is 10.2. The average Bonchev–Trinajstić information content (AvgIpc) is 2.67. The van der Waals surface area contributed by atoms with E-state index in [4.69, 9.17) is 4.84 Å². The molecule has 1 unspecified atom stereocenters. The third-order valence-electron chi connectivity index (χ3n) is 2.01. The van der Waals surface area contributed by atoms with E-state index in [1.54, 1.807) is 0 Å². The van der Waals surface area contributed by atoms with Crippen molar-refractivity contribution < 1.29 is 4.84 Å². The molecule has 0 aliphatic carbocycles. The van der Waals surface area contributed by atoms with Crippen LogP contribution in [0.5, 0.6) is 0 Å². The van der Waals surface area contributed by atoms with Crippen molar-refractivity contribution in [3.05, 3.63) is 35.9 Å². The Kier molecular flexibility index (Phi) is 2.83. The van der Waals surface area contributed by atoms with Crippen LogP contribution in [-0.4, -0.2) is 16.2 Å². The molecule has 1 atom stereocenters. The van der Waals surface area contributed by atoms with Crippen molar-refractivity contribution >= 4 is 28.3 Å². The summed E-state index contributed by atoms with van der Waals surface area (Å²) in [6.45, 7) is 0. The molecule has 2 rings (SSSR count). The molecule has 0 saturated heterocycles. The highest BCUT2D eigenvalue weighted by Gasteiger charge is 2.20. The molecule has 1 aromatic carbocycles. The van der Waals surface area contributed by atoms with Gasteiger partial charge in [0.2, 0.25) is 0 Å². The molecule has 1 aromatic rings. The minimum Gasteiger partial charge on any atom is -0.391 e. The zero-order valence-electron chi connectivity index (χ0n) is 7.11. The van der Waals surface area contributed by atoms with E-state index in [9.17, 15) is 0 Å². The van der Waals surface area contributed by atoms with Gasteiger partial charge in [0, 0.05) is 10.8 Å². The van der Waals surface area contributed by atoms with Crippen LogP contribution in [0.2, 0.25) is 0 Å². The molecule has 0 fully saturated rings. The highest BCUT2D eigenvalue weighted by atomic mass is 127. The van der Waals surface area contributed by atoms with Crippen molar-refractivity contribution in [3.63, 3.8) is 0 Å². The first kappa shape index (κ1) is 8.99. The van der Waals surface area contributed by atoms with Gasteiger partial charge in [0.05, 0.1) is 5.71 Å². The van der Waals surface area contributed by atoms with Crippen molar-refractivity contribution in [2.45, 2.75) is 12.5 Å². The molecule has 0 spiro atoms. The summed E-state index contributed by atoms with van der Waals surface area (Å²) in [5.41, 5.74) is 2.25. The van der Waals surface area contributed by atoms with Crippen LogP contribution in [0.3, 0.4) is 0 Å². The number of rotatable bonds is 2. The van der Waals surface area contributed by atoms with Gasteiger partial charge in [-0.25, -0.2) is 0 Å². The van der Waals surface area contributed by atoms with E-state index in [0.717, 1.165) is 16.6 Å². The fraction of sp³-hybridized carbons (Fsp3) is 0.300. The molecule has 13 heavy (non-hydrogen) atoms. The minimum absolute atomic E-state index is 0.274. The number of oxime groups is 1. The molecule has 0 saturated carbocycles. The monoisotopic (exact) mass is 287 g/mol. The summed E-state index contributed by atoms with van der Waals surface area (Å²) < 4.78 is 0.998. The Balaban J connectivity index is 2.12. The molecular formula is C10H10INO. The predicted molar refractivity (Wildman–Crippen MR) is 61.4 cm³/mol. The molecule has 1 aliphatic rings. The Morgan fingerprint density at radius 1 is 1.38 bits per heavy atom. The van der Waals surface area contributed by atoms with Gasteiger partial charge in [-0.05, 0) is 5.56 Å². The summed E-state index contributed by atoms with van der Waals surface area (Å²) in [6.07, 6.45) is 1.21. The maximum absolute atomic E-state index is 5.25. The minimum atomic E-state index is 0.274. The summed E-state index contributed by atoms with van der Waals surface area (Å²) in [7, 11) is 0. The van der Waals surface area contributed by atoms with Gasteiger partial charge in [-0.3, -0.25) is 0 Å². The van der Waals surface area contributed by atoms with Crippen LogP contribution in [0, 0.1) is 0 Å². The lowest BCUT2D eigenvalue weighted by molar-refractivity contribution is 0.105. The van der Waals surface area contributed by atoms with Crippen molar-refractivity contribution in [3.8, 4) is 0 Å². The first-order valence-electron chi connectivity index (χ1n) is 4.24. The lowest BCUT2D eigenvalue weighted by atomic mass is 10.1. The molecule has 0 aromatic heterocycles. The summed E-state index contributed by atoms with van der Waals surface area (Å²) in [5.74, 6) is 0. The van der Waals surface area contributed by atoms with Crippen LogP contribution >= 0.6 is 22.6 Å². The third-order valence-corrected chi connectivity index (χ3v) is 2.99. The molecule has 2 nitrogen and oxygen atoms in total. The molecule has 68 valence electrons. The first-order chi connectivity index (χ1) is 6.40. The van der Waals surface area contributed by atoms with Crippen LogP contribution in [-0.2, 0) is 4.84 Å². The highest BCUT2D eigenvalue weighted by molar-refractivity contribution is 14.1. The Bertz CT molecular complexity index is 310. The quantitative estimate of drug-likeness (QED) is 0.605. The van der Waals surface area contributed by atoms with Gasteiger partial charge in [0.15, 0.2) is 0 Å². The van der Waals surface area contributed by atoms with Crippen LogP contribution in [0.4, 0.5) is 0 Å². The van der Waals surface area contributed by atoms with Crippen LogP contribution < -0.4 is 0 Å². The second-order valence-electron chi connectivity index (χ2n) is 2.99. The number of halogens is 1. The smallest absolute Gasteiger partial charge is 0.142 e. The molecule has 1 heterocycles. The second kappa shape index (κ2) is 4.09. The van der Waals surface area contributed by atoms with E-state index >= 15 is 0 Å². The normalized spacial score (nSPS) is 21.0. The fourth-order valence-electron chi connectivity index (χ4n) is 1.31. The molecule has 0 bridgehead atoms. The van der Waals surface area contributed by atoms with Gasteiger partial charge in [0.1, 0.15) is 6.10 Å². The van der Waals surface area contributed by atoms with E-state index in [1.165, 1.54) is 5.56 Å². The topological polar surface area (TPSA) is 21.6 Å². The van der Waals surface area contributed by atoms with Gasteiger partial charge in [-0.2, -0.15) is 0 Å². The Hall–Kier alpha value is -0.580. The van der Waals surface area contributed by atoms with Crippen LogP contribution in [0.15, 0.2) is 35.5 Å². The average molecular weight is 287 g/mol. The van der Waals surface area contributed by atoms with Crippen molar-refractivity contribution in [1.82, 2.24) is 0 Å². The highest BCUT2D eigenvalue weighted by Crippen LogP contribution is 2.17. The van der Waals surface area contributed by atoms with Gasteiger partial charge >= 0.3 is 0 Å². The van der Waals surface area contributed by atoms with E-state index in [1.807, 2.05) is 18.2 Å². The molecule has 0 N–H and O–H groups in total. The van der Waals surface area contributed by atoms with E-state index in [-0.39, 0.29) is 6.10 Å². The fourth-order valence-corrected chi connectivity index (χ4v) is 1.78. The number of benzene rings is 1. The first-order valence-corrected chi connectivity index (χ1v) is 5.77. The number of hydrogen-bond donors (Lipinski definition) is 0. The standard InChI is InChI=1S/C10H10INO/c11-7-9-6-10(12-13-9)8-4-2-1-3-5-8/h1-5,9H,6-7H2. The van der Waals surface area contributed by atoms with E-state index < -0.39 is 0 Å². The molecular weight excluding hydrogens is 277 g/mol. The Morgan fingerprint density at radius 2 is 2.15 bits per heavy atom. The Morgan fingerprint density at radius 3 is 2.77 bits per heavy atom. The van der Waals surface area contributed by atoms with E-state index in [2.05, 4.69) is 39.9 Å². The molecule has 3 heteroatoms. The lowest BCUT2D eigenvalue weighted by Crippen LogP contribution is -2.09. The maximum atomic E-state index is 5.25. The number of alkyl halides is 1. The van der Waals surface area contributed by atoms with Crippen molar-refractivity contribution in [2.24, 2.45) is 5.16 Å². The van der Waals surface area contributed by atoms with E-state index in [0.29, 0.717) is 0 Å². The van der Waals surface area contributed by atoms with Gasteiger partial charge < -0.3 is 4.84 Å². The van der Waals surface area contributed by atoms with Crippen molar-refractivity contribution in [2.75, 3.05) is 4.43 Å². The van der Waals surface area contributed by atoms with Gasteiger partial charge in [-0.15, -0.1) is 0 Å². The zero-order chi connectivity index (χ0) is 9.10. The summed E-state index contributed by atoms with van der Waals surface area (Å²) in [4.78, 5) is 5.25. The molecule has 0 radical (unpaired) electrons. The summed E-state index contributed by atoms with van der Waals surface area (Å²) in [5, 5.41) is 4.07. The van der Waals surface area contributed by atoms with Gasteiger partial charge in [-0.1, -0.05) is 58.1 Å². The lowest BCUT2D eigenvalue weighted by Gasteiger charge is -2.00. The SMILES string of the molecule is ICC1CC(c2ccccc2)=NO1.